The van der Waals surface area contributed by atoms with E-state index in [1.54, 1.807) is 36.5 Å². The van der Waals surface area contributed by atoms with Crippen LogP contribution in [0.5, 0.6) is 5.75 Å². The van der Waals surface area contributed by atoms with Gasteiger partial charge in [0.2, 0.25) is 0 Å². The minimum atomic E-state index is -3.99. The number of amides is 1. The molecule has 2 aromatic carbocycles. The van der Waals surface area contributed by atoms with Crippen LogP contribution in [0.25, 0.3) is 10.9 Å². The number of rotatable bonds is 9. The summed E-state index contributed by atoms with van der Waals surface area (Å²) in [7, 11) is -3.99. The number of aromatic nitrogens is 1. The van der Waals surface area contributed by atoms with Gasteiger partial charge in [0, 0.05) is 18.1 Å². The van der Waals surface area contributed by atoms with Crippen LogP contribution in [0.15, 0.2) is 59.6 Å². The Kier molecular flexibility index (Phi) is 7.67. The molecule has 0 saturated heterocycles. The van der Waals surface area contributed by atoms with Crippen LogP contribution in [-0.2, 0) is 10.0 Å². The van der Waals surface area contributed by atoms with Crippen molar-refractivity contribution in [1.29, 1.82) is 0 Å². The molecule has 0 aliphatic heterocycles. The van der Waals surface area contributed by atoms with E-state index in [1.807, 2.05) is 19.1 Å². The molecule has 2 N–H and O–H groups in total. The first-order valence-corrected chi connectivity index (χ1v) is 13.4. The molecule has 1 aliphatic rings. The third-order valence-corrected chi connectivity index (χ3v) is 7.51. The first kappa shape index (κ1) is 24.0. The molecule has 180 valence electrons. The first-order chi connectivity index (χ1) is 16.5. The second-order valence-corrected chi connectivity index (χ2v) is 10.4. The molecule has 1 fully saturated rings. The number of para-hydroxylation sites is 1. The normalized spacial score (nSPS) is 14.6. The molecule has 0 unspecified atom stereocenters. The average molecular weight is 482 g/mol. The highest BCUT2D eigenvalue weighted by Gasteiger charge is 2.23. The Morgan fingerprint density at radius 1 is 1.09 bits per heavy atom. The number of hydrogen-bond acceptors (Lipinski definition) is 5. The summed E-state index contributed by atoms with van der Waals surface area (Å²) >= 11 is 0. The predicted molar refractivity (Wildman–Crippen MR) is 134 cm³/mol. The molecule has 34 heavy (non-hydrogen) atoms. The summed E-state index contributed by atoms with van der Waals surface area (Å²) in [5.41, 5.74) is 0.822. The van der Waals surface area contributed by atoms with Crippen molar-refractivity contribution in [3.8, 4) is 5.75 Å². The molecule has 1 heterocycles. The molecule has 1 amide bonds. The minimum Gasteiger partial charge on any atom is -0.494 e. The van der Waals surface area contributed by atoms with Gasteiger partial charge in [-0.1, -0.05) is 44.4 Å². The number of carbonyl (C=O) groups is 1. The highest BCUT2D eigenvalue weighted by molar-refractivity contribution is 7.93. The van der Waals surface area contributed by atoms with E-state index in [0.29, 0.717) is 30.3 Å². The van der Waals surface area contributed by atoms with Crippen LogP contribution in [0.1, 0.15) is 55.8 Å². The van der Waals surface area contributed by atoms with Crippen molar-refractivity contribution in [2.24, 2.45) is 5.92 Å². The zero-order valence-corrected chi connectivity index (χ0v) is 20.2. The Labute approximate surface area is 201 Å². The minimum absolute atomic E-state index is 0.0606. The van der Waals surface area contributed by atoms with E-state index in [4.69, 9.17) is 4.74 Å². The number of benzene rings is 2. The Morgan fingerprint density at radius 2 is 1.88 bits per heavy atom. The van der Waals surface area contributed by atoms with Crippen molar-refractivity contribution in [3.05, 3.63) is 60.3 Å². The van der Waals surface area contributed by atoms with E-state index in [9.17, 15) is 13.2 Å². The molecule has 1 aliphatic carbocycles. The van der Waals surface area contributed by atoms with Crippen LogP contribution in [0.3, 0.4) is 0 Å². The first-order valence-electron chi connectivity index (χ1n) is 11.9. The topological polar surface area (TPSA) is 97.4 Å². The summed E-state index contributed by atoms with van der Waals surface area (Å²) < 4.78 is 35.0. The number of fused-ring (bicyclic) bond motifs is 1. The zero-order chi connectivity index (χ0) is 24.0. The van der Waals surface area contributed by atoms with Crippen LogP contribution < -0.4 is 14.8 Å². The summed E-state index contributed by atoms with van der Waals surface area (Å²) in [6, 6.07) is 13.4. The highest BCUT2D eigenvalue weighted by Crippen LogP contribution is 2.28. The third kappa shape index (κ3) is 5.67. The lowest BCUT2D eigenvalue weighted by Crippen LogP contribution is -2.31. The van der Waals surface area contributed by atoms with Crippen LogP contribution >= 0.6 is 0 Å². The van der Waals surface area contributed by atoms with Gasteiger partial charge in [-0.2, -0.15) is 0 Å². The summed E-state index contributed by atoms with van der Waals surface area (Å²) in [5, 5.41) is 3.73. The monoisotopic (exact) mass is 481 g/mol. The van der Waals surface area contributed by atoms with Crippen molar-refractivity contribution in [1.82, 2.24) is 10.3 Å². The van der Waals surface area contributed by atoms with Crippen molar-refractivity contribution >= 4 is 32.5 Å². The van der Waals surface area contributed by atoms with Crippen LogP contribution in [-0.4, -0.2) is 32.5 Å². The second kappa shape index (κ2) is 10.9. The lowest BCUT2D eigenvalue weighted by atomic mass is 9.89. The van der Waals surface area contributed by atoms with Gasteiger partial charge in [-0.05, 0) is 55.5 Å². The summed E-state index contributed by atoms with van der Waals surface area (Å²) in [4.78, 5) is 17.5. The van der Waals surface area contributed by atoms with E-state index in [0.717, 1.165) is 24.6 Å². The van der Waals surface area contributed by atoms with Gasteiger partial charge in [0.1, 0.15) is 10.6 Å². The molecular weight excluding hydrogens is 450 g/mol. The molecular formula is C26H31N3O4S. The lowest BCUT2D eigenvalue weighted by Gasteiger charge is -2.22. The number of anilines is 1. The number of nitrogens with zero attached hydrogens (tertiary/aromatic N) is 1. The number of nitrogens with one attached hydrogen (secondary N) is 2. The van der Waals surface area contributed by atoms with Gasteiger partial charge < -0.3 is 10.1 Å². The van der Waals surface area contributed by atoms with Crippen molar-refractivity contribution in [2.75, 3.05) is 17.9 Å². The van der Waals surface area contributed by atoms with E-state index >= 15 is 0 Å². The van der Waals surface area contributed by atoms with Gasteiger partial charge in [-0.3, -0.25) is 14.5 Å². The fourth-order valence-electron chi connectivity index (χ4n) is 4.33. The maximum atomic E-state index is 13.3. The SMILES string of the molecule is CCCOc1ccc(NS(=O)(=O)c2cccc3cccnc23)c(C(=O)NCC2CCCCC2)c1. The van der Waals surface area contributed by atoms with Gasteiger partial charge in [-0.25, -0.2) is 8.42 Å². The van der Waals surface area contributed by atoms with Gasteiger partial charge in [0.15, 0.2) is 0 Å². The molecule has 1 aromatic heterocycles. The highest BCUT2D eigenvalue weighted by atomic mass is 32.2. The van der Waals surface area contributed by atoms with Crippen molar-refractivity contribution in [3.63, 3.8) is 0 Å². The number of carbonyl (C=O) groups excluding carboxylic acids is 1. The third-order valence-electron chi connectivity index (χ3n) is 6.11. The number of sulfonamides is 1. The molecule has 8 heteroatoms. The summed E-state index contributed by atoms with van der Waals surface area (Å²) in [6.45, 7) is 3.09. The quantitative estimate of drug-likeness (QED) is 0.441. The average Bonchev–Trinajstić information content (AvgIpc) is 2.86. The molecule has 0 atom stereocenters. The lowest BCUT2D eigenvalue weighted by molar-refractivity contribution is 0.0944. The van der Waals surface area contributed by atoms with Crippen LogP contribution in [0.4, 0.5) is 5.69 Å². The number of pyridine rings is 1. The molecule has 7 nitrogen and oxygen atoms in total. The standard InChI is InChI=1S/C26H31N3O4S/c1-2-16-33-21-13-14-23(22(17-21)26(30)28-18-19-8-4-3-5-9-19)29-34(31,32)24-12-6-10-20-11-7-15-27-25(20)24/h6-7,10-15,17,19,29H,2-5,8-9,16,18H2,1H3,(H,28,30). The molecule has 0 radical (unpaired) electrons. The van der Waals surface area contributed by atoms with E-state index in [2.05, 4.69) is 15.0 Å². The fraction of sp³-hybridized carbons (Fsp3) is 0.385. The van der Waals surface area contributed by atoms with Crippen LogP contribution in [0.2, 0.25) is 0 Å². The largest absolute Gasteiger partial charge is 0.494 e. The Bertz CT molecular complexity index is 1250. The smallest absolute Gasteiger partial charge is 0.264 e. The molecule has 4 rings (SSSR count). The maximum Gasteiger partial charge on any atom is 0.264 e. The summed E-state index contributed by atoms with van der Waals surface area (Å²) in [6.07, 6.45) is 8.21. The Balaban J connectivity index is 1.62. The molecule has 0 bridgehead atoms. The zero-order valence-electron chi connectivity index (χ0n) is 19.4. The van der Waals surface area contributed by atoms with Gasteiger partial charge in [0.05, 0.1) is 23.4 Å². The Morgan fingerprint density at radius 3 is 2.68 bits per heavy atom. The van der Waals surface area contributed by atoms with Gasteiger partial charge in [-0.15, -0.1) is 0 Å². The Hall–Kier alpha value is -3.13. The predicted octanol–water partition coefficient (Wildman–Crippen LogP) is 5.13. The van der Waals surface area contributed by atoms with Crippen LogP contribution in [0, 0.1) is 5.92 Å². The van der Waals surface area contributed by atoms with Gasteiger partial charge >= 0.3 is 0 Å². The van der Waals surface area contributed by atoms with Crippen molar-refractivity contribution < 1.29 is 17.9 Å². The van der Waals surface area contributed by atoms with E-state index in [1.165, 1.54) is 25.3 Å². The number of hydrogen-bond donors (Lipinski definition) is 2. The maximum absolute atomic E-state index is 13.3. The van der Waals surface area contributed by atoms with Gasteiger partial charge in [0.25, 0.3) is 15.9 Å². The molecule has 3 aromatic rings. The fourth-order valence-corrected chi connectivity index (χ4v) is 5.59. The van der Waals surface area contributed by atoms with Crippen molar-refractivity contribution in [2.45, 2.75) is 50.3 Å². The van der Waals surface area contributed by atoms with E-state index in [-0.39, 0.29) is 22.1 Å². The number of ether oxygens (including phenoxy) is 1. The second-order valence-electron chi connectivity index (χ2n) is 8.71. The van der Waals surface area contributed by atoms with E-state index < -0.39 is 10.0 Å². The summed E-state index contributed by atoms with van der Waals surface area (Å²) in [5.74, 6) is 0.667. The molecule has 1 saturated carbocycles. The molecule has 0 spiro atoms.